The molecular weight excluding hydrogens is 219 g/mol. The fraction of sp³-hybridized carbons (Fsp3) is 0. The van der Waals surface area contributed by atoms with Crippen LogP contribution in [0.15, 0.2) is 36.7 Å². The summed E-state index contributed by atoms with van der Waals surface area (Å²) in [6, 6.07) is 6.18. The van der Waals surface area contributed by atoms with Crippen LogP contribution in [0.1, 0.15) is 0 Å². The van der Waals surface area contributed by atoms with Crippen molar-refractivity contribution in [1.82, 2.24) is 15.0 Å². The third kappa shape index (κ3) is 1.71. The number of H-pyrrole nitrogens is 1. The van der Waals surface area contributed by atoms with E-state index in [4.69, 9.17) is 5.73 Å². The van der Waals surface area contributed by atoms with Crippen LogP contribution >= 0.6 is 0 Å². The molecule has 2 aromatic heterocycles. The summed E-state index contributed by atoms with van der Waals surface area (Å²) in [5, 5.41) is 0. The van der Waals surface area contributed by atoms with Crippen molar-refractivity contribution in [3.63, 3.8) is 0 Å². The third-order valence-corrected chi connectivity index (χ3v) is 2.48. The average molecular weight is 228 g/mol. The number of anilines is 1. The Morgan fingerprint density at radius 3 is 2.88 bits per heavy atom. The van der Waals surface area contributed by atoms with E-state index in [9.17, 15) is 4.39 Å². The number of aromatic nitrogens is 3. The van der Waals surface area contributed by atoms with E-state index < -0.39 is 0 Å². The highest BCUT2D eigenvalue weighted by Crippen LogP contribution is 2.21. The number of pyridine rings is 1. The van der Waals surface area contributed by atoms with Gasteiger partial charge in [-0.3, -0.25) is 4.98 Å². The first-order valence-electron chi connectivity index (χ1n) is 5.08. The first-order chi connectivity index (χ1) is 8.22. The molecule has 0 bridgehead atoms. The van der Waals surface area contributed by atoms with Crippen molar-refractivity contribution >= 4 is 16.7 Å². The highest BCUT2D eigenvalue weighted by molar-refractivity contribution is 5.79. The van der Waals surface area contributed by atoms with E-state index in [2.05, 4.69) is 15.0 Å². The molecule has 1 aromatic carbocycles. The lowest BCUT2D eigenvalue weighted by molar-refractivity contribution is 0.629. The van der Waals surface area contributed by atoms with Crippen LogP contribution in [-0.4, -0.2) is 15.0 Å². The number of hydrogen-bond acceptors (Lipinski definition) is 3. The molecule has 3 aromatic rings. The normalized spacial score (nSPS) is 10.9. The summed E-state index contributed by atoms with van der Waals surface area (Å²) >= 11 is 0. The van der Waals surface area contributed by atoms with Gasteiger partial charge in [-0.1, -0.05) is 0 Å². The highest BCUT2D eigenvalue weighted by atomic mass is 19.1. The van der Waals surface area contributed by atoms with E-state index in [-0.39, 0.29) is 5.82 Å². The molecule has 17 heavy (non-hydrogen) atoms. The number of halogens is 1. The van der Waals surface area contributed by atoms with Gasteiger partial charge >= 0.3 is 0 Å². The largest absolute Gasteiger partial charge is 0.397 e. The van der Waals surface area contributed by atoms with Crippen molar-refractivity contribution in [3.8, 4) is 11.4 Å². The van der Waals surface area contributed by atoms with E-state index in [0.717, 1.165) is 5.56 Å². The molecule has 0 unspecified atom stereocenters. The molecule has 3 rings (SSSR count). The van der Waals surface area contributed by atoms with Crippen LogP contribution in [0.4, 0.5) is 10.1 Å². The summed E-state index contributed by atoms with van der Waals surface area (Å²) in [7, 11) is 0. The van der Waals surface area contributed by atoms with Gasteiger partial charge in [0.05, 0.1) is 16.7 Å². The number of benzene rings is 1. The van der Waals surface area contributed by atoms with E-state index in [1.54, 1.807) is 24.5 Å². The number of rotatable bonds is 1. The van der Waals surface area contributed by atoms with Gasteiger partial charge in [-0.2, -0.15) is 0 Å². The van der Waals surface area contributed by atoms with Crippen LogP contribution in [0.5, 0.6) is 0 Å². The number of nitrogens with one attached hydrogen (secondary N) is 1. The lowest BCUT2D eigenvalue weighted by Gasteiger charge is -1.96. The molecule has 0 fully saturated rings. The van der Waals surface area contributed by atoms with Gasteiger partial charge in [0.15, 0.2) is 0 Å². The van der Waals surface area contributed by atoms with Crippen molar-refractivity contribution in [2.45, 2.75) is 0 Å². The maximum Gasteiger partial charge on any atom is 0.140 e. The fourth-order valence-electron chi connectivity index (χ4n) is 1.71. The van der Waals surface area contributed by atoms with Crippen LogP contribution in [-0.2, 0) is 0 Å². The van der Waals surface area contributed by atoms with Crippen molar-refractivity contribution in [3.05, 3.63) is 42.5 Å². The molecule has 0 radical (unpaired) electrons. The zero-order valence-corrected chi connectivity index (χ0v) is 8.81. The minimum absolute atomic E-state index is 0.293. The number of imidazole rings is 1. The summed E-state index contributed by atoms with van der Waals surface area (Å²) < 4.78 is 13.0. The Bertz CT molecular complexity index is 690. The van der Waals surface area contributed by atoms with Crippen LogP contribution in [0, 0.1) is 5.82 Å². The van der Waals surface area contributed by atoms with Gasteiger partial charge in [0.25, 0.3) is 0 Å². The van der Waals surface area contributed by atoms with Crippen molar-refractivity contribution < 1.29 is 4.39 Å². The average Bonchev–Trinajstić information content (AvgIpc) is 2.72. The number of nitrogens with two attached hydrogens (primary N) is 1. The summed E-state index contributed by atoms with van der Waals surface area (Å²) in [6.07, 6.45) is 3.22. The summed E-state index contributed by atoms with van der Waals surface area (Å²) in [6.45, 7) is 0. The van der Waals surface area contributed by atoms with E-state index in [1.807, 2.05) is 0 Å². The summed E-state index contributed by atoms with van der Waals surface area (Å²) in [5.41, 5.74) is 8.36. The van der Waals surface area contributed by atoms with Crippen LogP contribution in [0.3, 0.4) is 0 Å². The number of aromatic amines is 1. The second-order valence-electron chi connectivity index (χ2n) is 3.75. The summed E-state index contributed by atoms with van der Waals surface area (Å²) in [5.74, 6) is 0.337. The smallest absolute Gasteiger partial charge is 0.140 e. The molecule has 3 N–H and O–H groups in total. The molecule has 0 spiro atoms. The van der Waals surface area contributed by atoms with Crippen LogP contribution < -0.4 is 5.73 Å². The molecule has 5 heteroatoms. The minimum atomic E-state index is -0.293. The zero-order valence-electron chi connectivity index (χ0n) is 8.81. The molecule has 4 nitrogen and oxygen atoms in total. The number of hydrogen-bond donors (Lipinski definition) is 2. The highest BCUT2D eigenvalue weighted by Gasteiger charge is 2.06. The van der Waals surface area contributed by atoms with Crippen molar-refractivity contribution in [2.75, 3.05) is 5.73 Å². The van der Waals surface area contributed by atoms with Crippen LogP contribution in [0.25, 0.3) is 22.4 Å². The lowest BCUT2D eigenvalue weighted by Crippen LogP contribution is -1.88. The third-order valence-electron chi connectivity index (χ3n) is 2.48. The predicted molar refractivity (Wildman–Crippen MR) is 63.7 cm³/mol. The van der Waals surface area contributed by atoms with Gasteiger partial charge in [-0.25, -0.2) is 9.37 Å². The van der Waals surface area contributed by atoms with Crippen molar-refractivity contribution in [1.29, 1.82) is 0 Å². The van der Waals surface area contributed by atoms with Gasteiger partial charge in [0, 0.05) is 18.0 Å². The van der Waals surface area contributed by atoms with Crippen molar-refractivity contribution in [2.24, 2.45) is 0 Å². The Morgan fingerprint density at radius 1 is 1.18 bits per heavy atom. The Morgan fingerprint density at radius 2 is 2.06 bits per heavy atom. The maximum absolute atomic E-state index is 13.0. The standard InChI is InChI=1S/C12H9FN4/c13-8-1-2-10-11(4-8)17-12(16-10)7-3-9(14)6-15-5-7/h1-6H,14H2,(H,16,17). The zero-order chi connectivity index (χ0) is 11.8. The number of nitrogen functional groups attached to an aromatic ring is 1. The second kappa shape index (κ2) is 3.55. The number of nitrogens with zero attached hydrogens (tertiary/aromatic N) is 2. The van der Waals surface area contributed by atoms with E-state index in [0.29, 0.717) is 22.5 Å². The first-order valence-corrected chi connectivity index (χ1v) is 5.08. The van der Waals surface area contributed by atoms with Gasteiger partial charge in [-0.15, -0.1) is 0 Å². The molecule has 0 amide bonds. The summed E-state index contributed by atoms with van der Waals surface area (Å²) in [4.78, 5) is 11.4. The quantitative estimate of drug-likeness (QED) is 0.671. The Labute approximate surface area is 96.3 Å². The second-order valence-corrected chi connectivity index (χ2v) is 3.75. The molecule has 0 aliphatic rings. The number of fused-ring (bicyclic) bond motifs is 1. The molecule has 84 valence electrons. The minimum Gasteiger partial charge on any atom is -0.397 e. The van der Waals surface area contributed by atoms with Gasteiger partial charge in [0.2, 0.25) is 0 Å². The molecular formula is C12H9FN4. The molecule has 0 aliphatic carbocycles. The van der Waals surface area contributed by atoms with E-state index in [1.165, 1.54) is 12.1 Å². The van der Waals surface area contributed by atoms with Gasteiger partial charge in [-0.05, 0) is 24.3 Å². The molecule has 0 aliphatic heterocycles. The lowest BCUT2D eigenvalue weighted by atomic mass is 10.2. The topological polar surface area (TPSA) is 67.6 Å². The van der Waals surface area contributed by atoms with Gasteiger partial charge < -0.3 is 10.7 Å². The fourth-order valence-corrected chi connectivity index (χ4v) is 1.71. The Balaban J connectivity index is 2.18. The van der Waals surface area contributed by atoms with E-state index >= 15 is 0 Å². The first kappa shape index (κ1) is 9.77. The molecule has 0 atom stereocenters. The maximum atomic E-state index is 13.0. The van der Waals surface area contributed by atoms with Crippen LogP contribution in [0.2, 0.25) is 0 Å². The molecule has 2 heterocycles. The molecule has 0 saturated heterocycles. The Kier molecular flexibility index (Phi) is 2.04. The predicted octanol–water partition coefficient (Wildman–Crippen LogP) is 2.35. The SMILES string of the molecule is Nc1cncc(-c2nc3ccc(F)cc3[nH]2)c1. The molecule has 0 saturated carbocycles. The Hall–Kier alpha value is -2.43. The monoisotopic (exact) mass is 228 g/mol. The van der Waals surface area contributed by atoms with Gasteiger partial charge in [0.1, 0.15) is 11.6 Å².